The zero-order valence-electron chi connectivity index (χ0n) is 14.3. The molecule has 0 aliphatic carbocycles. The van der Waals surface area contributed by atoms with Crippen molar-refractivity contribution < 1.29 is 9.18 Å². The van der Waals surface area contributed by atoms with Gasteiger partial charge in [-0.2, -0.15) is 0 Å². The Balaban J connectivity index is 1.40. The molecule has 0 unspecified atom stereocenters. The molecule has 1 amide bonds. The maximum atomic E-state index is 13.1. The Labute approximate surface area is 152 Å². The van der Waals surface area contributed by atoms with Crippen LogP contribution in [0.2, 0.25) is 0 Å². The van der Waals surface area contributed by atoms with E-state index in [0.717, 1.165) is 56.0 Å². The Bertz CT molecular complexity index is 731. The molecule has 25 heavy (non-hydrogen) atoms. The SMILES string of the molecule is O=C(c1cccs1)N1CCC[C@@]2(CCN(Cc3ccc(F)cc3)C2)C1. The molecule has 1 aromatic heterocycles. The van der Waals surface area contributed by atoms with Gasteiger partial charge in [-0.1, -0.05) is 18.2 Å². The Morgan fingerprint density at radius 1 is 1.12 bits per heavy atom. The Morgan fingerprint density at radius 3 is 2.72 bits per heavy atom. The normalized spacial score (nSPS) is 24.1. The van der Waals surface area contributed by atoms with Crippen LogP contribution in [-0.2, 0) is 6.54 Å². The topological polar surface area (TPSA) is 23.6 Å². The van der Waals surface area contributed by atoms with Crippen molar-refractivity contribution in [2.24, 2.45) is 5.41 Å². The number of likely N-dealkylation sites (tertiary alicyclic amines) is 2. The predicted octanol–water partition coefficient (Wildman–Crippen LogP) is 4.02. The number of nitrogens with zero attached hydrogens (tertiary/aromatic N) is 2. The summed E-state index contributed by atoms with van der Waals surface area (Å²) in [4.78, 5) is 18.0. The Morgan fingerprint density at radius 2 is 1.96 bits per heavy atom. The molecule has 2 aromatic rings. The van der Waals surface area contributed by atoms with E-state index < -0.39 is 0 Å². The van der Waals surface area contributed by atoms with Crippen LogP contribution in [0.1, 0.15) is 34.5 Å². The van der Waals surface area contributed by atoms with Crippen molar-refractivity contribution in [2.45, 2.75) is 25.8 Å². The summed E-state index contributed by atoms with van der Waals surface area (Å²) in [6, 6.07) is 10.7. The summed E-state index contributed by atoms with van der Waals surface area (Å²) in [5, 5.41) is 1.97. The number of thiophene rings is 1. The summed E-state index contributed by atoms with van der Waals surface area (Å²) < 4.78 is 13.1. The van der Waals surface area contributed by atoms with E-state index in [1.165, 1.54) is 29.9 Å². The number of carbonyl (C=O) groups excluding carboxylic acids is 1. The molecule has 2 fully saturated rings. The highest BCUT2D eigenvalue weighted by Crippen LogP contribution is 2.40. The van der Waals surface area contributed by atoms with E-state index in [-0.39, 0.29) is 17.1 Å². The monoisotopic (exact) mass is 358 g/mol. The van der Waals surface area contributed by atoms with Gasteiger partial charge in [0.05, 0.1) is 4.88 Å². The van der Waals surface area contributed by atoms with E-state index >= 15 is 0 Å². The number of carbonyl (C=O) groups is 1. The highest BCUT2D eigenvalue weighted by atomic mass is 32.1. The van der Waals surface area contributed by atoms with Gasteiger partial charge in [-0.15, -0.1) is 11.3 Å². The fraction of sp³-hybridized carbons (Fsp3) is 0.450. The van der Waals surface area contributed by atoms with Crippen molar-refractivity contribution in [1.82, 2.24) is 9.80 Å². The second-order valence-electron chi connectivity index (χ2n) is 7.39. The molecule has 2 saturated heterocycles. The fourth-order valence-electron chi connectivity index (χ4n) is 4.28. The smallest absolute Gasteiger partial charge is 0.263 e. The van der Waals surface area contributed by atoms with Gasteiger partial charge in [0.1, 0.15) is 5.82 Å². The third-order valence-corrected chi connectivity index (χ3v) is 6.38. The molecule has 1 atom stereocenters. The highest BCUT2D eigenvalue weighted by molar-refractivity contribution is 7.12. The average Bonchev–Trinajstić information content (AvgIpc) is 3.27. The van der Waals surface area contributed by atoms with Crippen LogP contribution < -0.4 is 0 Å². The number of hydrogen-bond donors (Lipinski definition) is 0. The highest BCUT2D eigenvalue weighted by Gasteiger charge is 2.42. The Hall–Kier alpha value is -1.72. The molecule has 1 aromatic carbocycles. The van der Waals surface area contributed by atoms with Crippen molar-refractivity contribution >= 4 is 17.2 Å². The first-order chi connectivity index (χ1) is 12.1. The number of hydrogen-bond acceptors (Lipinski definition) is 3. The first kappa shape index (κ1) is 16.7. The van der Waals surface area contributed by atoms with Gasteiger partial charge in [0, 0.05) is 31.6 Å². The summed E-state index contributed by atoms with van der Waals surface area (Å²) in [6.07, 6.45) is 3.42. The zero-order valence-corrected chi connectivity index (χ0v) is 15.1. The van der Waals surface area contributed by atoms with Crippen molar-refractivity contribution in [3.8, 4) is 0 Å². The number of piperidine rings is 1. The summed E-state index contributed by atoms with van der Waals surface area (Å²) in [7, 11) is 0. The van der Waals surface area contributed by atoms with Crippen LogP contribution in [0.5, 0.6) is 0 Å². The molecular weight excluding hydrogens is 335 g/mol. The number of benzene rings is 1. The lowest BCUT2D eigenvalue weighted by Crippen LogP contribution is -2.47. The first-order valence-corrected chi connectivity index (χ1v) is 9.81. The van der Waals surface area contributed by atoms with Crippen LogP contribution in [0, 0.1) is 11.2 Å². The third-order valence-electron chi connectivity index (χ3n) is 5.52. The van der Waals surface area contributed by atoms with E-state index in [1.807, 2.05) is 29.6 Å². The van der Waals surface area contributed by atoms with Gasteiger partial charge >= 0.3 is 0 Å². The van der Waals surface area contributed by atoms with E-state index in [0.29, 0.717) is 0 Å². The number of amides is 1. The van der Waals surface area contributed by atoms with E-state index in [9.17, 15) is 9.18 Å². The van der Waals surface area contributed by atoms with Gasteiger partial charge in [0.25, 0.3) is 5.91 Å². The minimum absolute atomic E-state index is 0.184. The van der Waals surface area contributed by atoms with Crippen molar-refractivity contribution in [1.29, 1.82) is 0 Å². The van der Waals surface area contributed by atoms with Crippen LogP contribution in [0.3, 0.4) is 0 Å². The van der Waals surface area contributed by atoms with Crippen LogP contribution in [0.25, 0.3) is 0 Å². The molecular formula is C20H23FN2OS. The number of rotatable bonds is 3. The van der Waals surface area contributed by atoms with Gasteiger partial charge < -0.3 is 4.90 Å². The van der Waals surface area contributed by atoms with Gasteiger partial charge in [-0.25, -0.2) is 4.39 Å². The van der Waals surface area contributed by atoms with Gasteiger partial charge in [-0.05, 0) is 54.9 Å². The molecule has 0 N–H and O–H groups in total. The maximum absolute atomic E-state index is 13.1. The van der Waals surface area contributed by atoms with Crippen LogP contribution >= 0.6 is 11.3 Å². The van der Waals surface area contributed by atoms with Crippen LogP contribution in [0.15, 0.2) is 41.8 Å². The molecule has 132 valence electrons. The van der Waals surface area contributed by atoms with Crippen LogP contribution in [0.4, 0.5) is 4.39 Å². The van der Waals surface area contributed by atoms with Gasteiger partial charge in [0.2, 0.25) is 0 Å². The Kier molecular flexibility index (Phi) is 4.61. The molecule has 3 heterocycles. The summed E-state index contributed by atoms with van der Waals surface area (Å²) in [6.45, 7) is 4.68. The third kappa shape index (κ3) is 3.62. The average molecular weight is 358 g/mol. The van der Waals surface area contributed by atoms with Gasteiger partial charge in [-0.3, -0.25) is 9.69 Å². The lowest BCUT2D eigenvalue weighted by Gasteiger charge is -2.40. The molecule has 0 saturated carbocycles. The molecule has 0 radical (unpaired) electrons. The summed E-state index contributed by atoms with van der Waals surface area (Å²) in [5.74, 6) is 0.00251. The van der Waals surface area contributed by atoms with Crippen molar-refractivity contribution in [3.05, 3.63) is 58.0 Å². The second-order valence-corrected chi connectivity index (χ2v) is 8.34. The zero-order chi connectivity index (χ0) is 17.3. The number of halogens is 1. The predicted molar refractivity (Wildman–Crippen MR) is 98.2 cm³/mol. The quantitative estimate of drug-likeness (QED) is 0.827. The van der Waals surface area contributed by atoms with E-state index in [4.69, 9.17) is 0 Å². The van der Waals surface area contributed by atoms with Crippen molar-refractivity contribution in [2.75, 3.05) is 26.2 Å². The molecule has 4 rings (SSSR count). The molecule has 2 aliphatic rings. The minimum atomic E-state index is -0.184. The van der Waals surface area contributed by atoms with Crippen molar-refractivity contribution in [3.63, 3.8) is 0 Å². The van der Waals surface area contributed by atoms with Crippen LogP contribution in [-0.4, -0.2) is 41.9 Å². The van der Waals surface area contributed by atoms with E-state index in [2.05, 4.69) is 9.80 Å². The van der Waals surface area contributed by atoms with Gasteiger partial charge in [0.15, 0.2) is 0 Å². The molecule has 0 bridgehead atoms. The molecule has 3 nitrogen and oxygen atoms in total. The molecule has 5 heteroatoms. The lowest BCUT2D eigenvalue weighted by molar-refractivity contribution is 0.0531. The molecule has 2 aliphatic heterocycles. The fourth-order valence-corrected chi connectivity index (χ4v) is 4.97. The maximum Gasteiger partial charge on any atom is 0.263 e. The summed E-state index contributed by atoms with van der Waals surface area (Å²) >= 11 is 1.53. The van der Waals surface area contributed by atoms with E-state index in [1.54, 1.807) is 0 Å². The minimum Gasteiger partial charge on any atom is -0.337 e. The largest absolute Gasteiger partial charge is 0.337 e. The molecule has 1 spiro atoms. The first-order valence-electron chi connectivity index (χ1n) is 8.93. The lowest BCUT2D eigenvalue weighted by atomic mass is 9.79. The standard InChI is InChI=1S/C20H23FN2OS/c21-17-6-4-16(5-7-17)13-22-11-9-20(14-22)8-2-10-23(15-20)19(24)18-3-1-12-25-18/h1,3-7,12H,2,8-11,13-15H2/t20-/m0/s1. The second kappa shape index (κ2) is 6.89. The summed E-state index contributed by atoms with van der Waals surface area (Å²) in [5.41, 5.74) is 1.38.